The summed E-state index contributed by atoms with van der Waals surface area (Å²) in [4.78, 5) is 19.1. The molecule has 3 rings (SSSR count). The topological polar surface area (TPSA) is 55.0 Å². The Labute approximate surface area is 124 Å². The lowest BCUT2D eigenvalue weighted by atomic mass is 10.1. The molecular formula is C16H12F2N2O2. The minimum absolute atomic E-state index is 0.251. The van der Waals surface area contributed by atoms with E-state index in [0.29, 0.717) is 16.5 Å². The number of halogens is 2. The fourth-order valence-corrected chi connectivity index (χ4v) is 2.15. The lowest BCUT2D eigenvalue weighted by molar-refractivity contribution is 0.0821. The van der Waals surface area contributed by atoms with Crippen molar-refractivity contribution in [3.63, 3.8) is 0 Å². The predicted molar refractivity (Wildman–Crippen MR) is 79.3 cm³/mol. The average molecular weight is 302 g/mol. The fourth-order valence-electron chi connectivity index (χ4n) is 2.15. The second-order valence-corrected chi connectivity index (χ2v) is 4.63. The molecule has 0 fully saturated rings. The zero-order valence-electron chi connectivity index (χ0n) is 11.4. The van der Waals surface area contributed by atoms with Gasteiger partial charge in [-0.15, -0.1) is 0 Å². The molecule has 0 atom stereocenters. The van der Waals surface area contributed by atoms with Gasteiger partial charge in [0.2, 0.25) is 0 Å². The number of fused-ring (bicyclic) bond motifs is 1. The number of H-pyrrole nitrogens is 1. The van der Waals surface area contributed by atoms with E-state index >= 15 is 0 Å². The standard InChI is InChI=1S/C16H12F2N2O2/c17-14(18)9-22-13-8-4-2-6-11(13)15-19-12-7-3-1-5-10(12)16(21)20-15/h1-8,14H,9H2,(H,19,20,21). The summed E-state index contributed by atoms with van der Waals surface area (Å²) >= 11 is 0. The quantitative estimate of drug-likeness (QED) is 0.805. The largest absolute Gasteiger partial charge is 0.487 e. The van der Waals surface area contributed by atoms with E-state index in [0.717, 1.165) is 0 Å². The Morgan fingerprint density at radius 1 is 1.09 bits per heavy atom. The maximum Gasteiger partial charge on any atom is 0.272 e. The SMILES string of the molecule is O=c1[nH]c(-c2ccccc2OCC(F)F)nc2ccccc12. The summed E-state index contributed by atoms with van der Waals surface area (Å²) in [5, 5.41) is 0.470. The van der Waals surface area contributed by atoms with Gasteiger partial charge in [0, 0.05) is 0 Å². The average Bonchev–Trinajstić information content (AvgIpc) is 2.53. The fraction of sp³-hybridized carbons (Fsp3) is 0.125. The molecule has 6 heteroatoms. The van der Waals surface area contributed by atoms with Gasteiger partial charge in [-0.2, -0.15) is 0 Å². The van der Waals surface area contributed by atoms with E-state index < -0.39 is 13.0 Å². The maximum absolute atomic E-state index is 12.3. The van der Waals surface area contributed by atoms with E-state index in [1.54, 1.807) is 48.5 Å². The highest BCUT2D eigenvalue weighted by Gasteiger charge is 2.12. The Kier molecular flexibility index (Phi) is 3.82. The first-order valence-electron chi connectivity index (χ1n) is 6.64. The van der Waals surface area contributed by atoms with E-state index in [-0.39, 0.29) is 17.1 Å². The molecular weight excluding hydrogens is 290 g/mol. The molecule has 22 heavy (non-hydrogen) atoms. The molecule has 0 unspecified atom stereocenters. The lowest BCUT2D eigenvalue weighted by Gasteiger charge is -2.10. The van der Waals surface area contributed by atoms with Crippen LogP contribution in [0.5, 0.6) is 5.75 Å². The first kappa shape index (κ1) is 14.2. The van der Waals surface area contributed by atoms with E-state index in [4.69, 9.17) is 4.74 Å². The van der Waals surface area contributed by atoms with E-state index in [2.05, 4.69) is 9.97 Å². The minimum atomic E-state index is -2.57. The number of aromatic amines is 1. The number of hydrogen-bond acceptors (Lipinski definition) is 3. The molecule has 0 saturated carbocycles. The summed E-state index contributed by atoms with van der Waals surface area (Å²) in [6, 6.07) is 13.5. The monoisotopic (exact) mass is 302 g/mol. The molecule has 0 aliphatic carbocycles. The molecule has 2 aromatic carbocycles. The van der Waals surface area contributed by atoms with Crippen molar-refractivity contribution in [1.82, 2.24) is 9.97 Å². The van der Waals surface area contributed by atoms with Gasteiger partial charge in [-0.3, -0.25) is 4.79 Å². The molecule has 0 aliphatic rings. The third-order valence-electron chi connectivity index (χ3n) is 3.12. The number of alkyl halides is 2. The van der Waals surface area contributed by atoms with Crippen molar-refractivity contribution in [2.75, 3.05) is 6.61 Å². The molecule has 0 radical (unpaired) electrons. The van der Waals surface area contributed by atoms with Crippen LogP contribution in [-0.4, -0.2) is 23.0 Å². The molecule has 0 bridgehead atoms. The van der Waals surface area contributed by atoms with Gasteiger partial charge < -0.3 is 9.72 Å². The predicted octanol–water partition coefficient (Wildman–Crippen LogP) is 3.23. The number of hydrogen-bond donors (Lipinski definition) is 1. The molecule has 0 saturated heterocycles. The highest BCUT2D eigenvalue weighted by atomic mass is 19.3. The summed E-state index contributed by atoms with van der Waals surface area (Å²) < 4.78 is 29.8. The first-order valence-corrected chi connectivity index (χ1v) is 6.64. The molecule has 4 nitrogen and oxygen atoms in total. The van der Waals surface area contributed by atoms with Crippen LogP contribution in [0.25, 0.3) is 22.3 Å². The van der Waals surface area contributed by atoms with Gasteiger partial charge in [0.15, 0.2) is 0 Å². The van der Waals surface area contributed by atoms with Gasteiger partial charge in [-0.05, 0) is 24.3 Å². The lowest BCUT2D eigenvalue weighted by Crippen LogP contribution is -2.11. The Bertz CT molecular complexity index is 862. The summed E-state index contributed by atoms with van der Waals surface area (Å²) in [7, 11) is 0. The number of nitrogens with one attached hydrogen (secondary N) is 1. The summed E-state index contributed by atoms with van der Waals surface area (Å²) in [6.45, 7) is -0.713. The molecule has 1 aromatic heterocycles. The van der Waals surface area contributed by atoms with Gasteiger partial charge in [0.05, 0.1) is 16.5 Å². The highest BCUT2D eigenvalue weighted by Crippen LogP contribution is 2.27. The smallest absolute Gasteiger partial charge is 0.272 e. The number of benzene rings is 2. The van der Waals surface area contributed by atoms with Crippen LogP contribution in [0.3, 0.4) is 0 Å². The van der Waals surface area contributed by atoms with Gasteiger partial charge in [-0.25, -0.2) is 13.8 Å². The van der Waals surface area contributed by atoms with Gasteiger partial charge in [-0.1, -0.05) is 24.3 Å². The molecule has 3 aromatic rings. The number of rotatable bonds is 4. The van der Waals surface area contributed by atoms with E-state index in [1.165, 1.54) is 0 Å². The van der Waals surface area contributed by atoms with Gasteiger partial charge >= 0.3 is 0 Å². The van der Waals surface area contributed by atoms with Crippen molar-refractivity contribution in [1.29, 1.82) is 0 Å². The number of aromatic nitrogens is 2. The molecule has 0 amide bonds. The van der Waals surface area contributed by atoms with Crippen molar-refractivity contribution in [3.05, 3.63) is 58.9 Å². The Morgan fingerprint density at radius 3 is 2.64 bits per heavy atom. The van der Waals surface area contributed by atoms with Crippen molar-refractivity contribution in [2.45, 2.75) is 6.43 Å². The van der Waals surface area contributed by atoms with Crippen LogP contribution in [-0.2, 0) is 0 Å². The molecule has 0 aliphatic heterocycles. The second kappa shape index (κ2) is 5.93. The van der Waals surface area contributed by atoms with E-state index in [9.17, 15) is 13.6 Å². The summed E-state index contributed by atoms with van der Waals surface area (Å²) in [6.07, 6.45) is -2.57. The molecule has 1 N–H and O–H groups in total. The zero-order chi connectivity index (χ0) is 15.5. The number of para-hydroxylation sites is 2. The summed E-state index contributed by atoms with van der Waals surface area (Å²) in [5.41, 5.74) is 0.708. The van der Waals surface area contributed by atoms with Crippen LogP contribution in [0.1, 0.15) is 0 Å². The van der Waals surface area contributed by atoms with Crippen LogP contribution >= 0.6 is 0 Å². The Morgan fingerprint density at radius 2 is 1.82 bits per heavy atom. The number of nitrogens with zero attached hydrogens (tertiary/aromatic N) is 1. The second-order valence-electron chi connectivity index (χ2n) is 4.63. The van der Waals surface area contributed by atoms with Crippen molar-refractivity contribution < 1.29 is 13.5 Å². The van der Waals surface area contributed by atoms with Gasteiger partial charge in [0.1, 0.15) is 18.2 Å². The van der Waals surface area contributed by atoms with Gasteiger partial charge in [0.25, 0.3) is 12.0 Å². The van der Waals surface area contributed by atoms with Crippen molar-refractivity contribution in [3.8, 4) is 17.1 Å². The van der Waals surface area contributed by atoms with Crippen LogP contribution in [0.2, 0.25) is 0 Å². The third kappa shape index (κ3) is 2.81. The number of ether oxygens (including phenoxy) is 1. The molecule has 112 valence electrons. The normalized spacial score (nSPS) is 11.0. The summed E-state index contributed by atoms with van der Waals surface area (Å²) in [5.74, 6) is 0.537. The Balaban J connectivity index is 2.09. The highest BCUT2D eigenvalue weighted by molar-refractivity contribution is 5.80. The van der Waals surface area contributed by atoms with Crippen LogP contribution in [0.4, 0.5) is 8.78 Å². The van der Waals surface area contributed by atoms with Crippen molar-refractivity contribution in [2.24, 2.45) is 0 Å². The maximum atomic E-state index is 12.3. The minimum Gasteiger partial charge on any atom is -0.487 e. The van der Waals surface area contributed by atoms with Crippen LogP contribution in [0.15, 0.2) is 53.3 Å². The first-order chi connectivity index (χ1) is 10.6. The Hall–Kier alpha value is -2.76. The van der Waals surface area contributed by atoms with Crippen molar-refractivity contribution >= 4 is 10.9 Å². The van der Waals surface area contributed by atoms with Crippen LogP contribution in [0, 0.1) is 0 Å². The zero-order valence-corrected chi connectivity index (χ0v) is 11.4. The molecule has 1 heterocycles. The third-order valence-corrected chi connectivity index (χ3v) is 3.12. The molecule has 0 spiro atoms. The van der Waals surface area contributed by atoms with Crippen LogP contribution < -0.4 is 10.3 Å². The van der Waals surface area contributed by atoms with E-state index in [1.807, 2.05) is 0 Å².